The van der Waals surface area contributed by atoms with Crippen molar-refractivity contribution in [3.63, 3.8) is 0 Å². The normalized spacial score (nSPS) is 27.4. The Balaban J connectivity index is 2.18. The highest BCUT2D eigenvalue weighted by Crippen LogP contribution is 2.38. The van der Waals surface area contributed by atoms with Gasteiger partial charge in [0.2, 0.25) is 0 Å². The number of nitrogens with one attached hydrogen (secondary N) is 1. The second kappa shape index (κ2) is 4.27. The van der Waals surface area contributed by atoms with Gasteiger partial charge in [0.05, 0.1) is 10.5 Å². The van der Waals surface area contributed by atoms with Crippen LogP contribution in [0.25, 0.3) is 0 Å². The molecule has 0 radical (unpaired) electrons. The Bertz CT molecular complexity index is 454. The molecule has 5 nitrogen and oxygen atoms in total. The number of benzene rings is 1. The number of anilines is 1. The number of aliphatic hydroxyl groups is 1. The summed E-state index contributed by atoms with van der Waals surface area (Å²) in [7, 11) is 0. The average molecular weight is 301 g/mol. The van der Waals surface area contributed by atoms with Crippen molar-refractivity contribution in [2.24, 2.45) is 0 Å². The Labute approximate surface area is 107 Å². The molecule has 92 valence electrons. The molecule has 0 saturated heterocycles. The third-order valence-corrected chi connectivity index (χ3v) is 3.57. The van der Waals surface area contributed by atoms with Crippen molar-refractivity contribution in [2.45, 2.75) is 31.4 Å². The number of hydrogen-bond donors (Lipinski definition) is 2. The van der Waals surface area contributed by atoms with Crippen molar-refractivity contribution in [1.29, 1.82) is 0 Å². The summed E-state index contributed by atoms with van der Waals surface area (Å²) in [6, 6.07) is 4.93. The lowest BCUT2D eigenvalue weighted by molar-refractivity contribution is -0.384. The van der Waals surface area contributed by atoms with Crippen LogP contribution in [0, 0.1) is 10.1 Å². The van der Waals surface area contributed by atoms with E-state index in [0.717, 1.165) is 0 Å². The zero-order chi connectivity index (χ0) is 12.6. The van der Waals surface area contributed by atoms with E-state index in [4.69, 9.17) is 0 Å². The van der Waals surface area contributed by atoms with Crippen LogP contribution in [0.1, 0.15) is 19.8 Å². The van der Waals surface area contributed by atoms with Crippen LogP contribution in [-0.4, -0.2) is 21.7 Å². The lowest BCUT2D eigenvalue weighted by Crippen LogP contribution is -2.48. The molecular weight excluding hydrogens is 288 g/mol. The Morgan fingerprint density at radius 2 is 2.24 bits per heavy atom. The summed E-state index contributed by atoms with van der Waals surface area (Å²) >= 11 is 3.30. The topological polar surface area (TPSA) is 75.4 Å². The van der Waals surface area contributed by atoms with Crippen LogP contribution in [0.5, 0.6) is 0 Å². The third-order valence-electron chi connectivity index (χ3n) is 2.91. The quantitative estimate of drug-likeness (QED) is 0.665. The molecule has 0 amide bonds. The second-order valence-corrected chi connectivity index (χ2v) is 5.49. The van der Waals surface area contributed by atoms with Gasteiger partial charge >= 0.3 is 0 Å². The van der Waals surface area contributed by atoms with E-state index in [9.17, 15) is 15.2 Å². The van der Waals surface area contributed by atoms with Gasteiger partial charge in [0, 0.05) is 16.6 Å². The van der Waals surface area contributed by atoms with Crippen LogP contribution in [0.3, 0.4) is 0 Å². The first-order chi connectivity index (χ1) is 7.89. The zero-order valence-corrected chi connectivity index (χ0v) is 10.9. The Morgan fingerprint density at radius 1 is 1.59 bits per heavy atom. The van der Waals surface area contributed by atoms with Gasteiger partial charge < -0.3 is 10.4 Å². The number of para-hydroxylation sites is 1. The lowest BCUT2D eigenvalue weighted by atomic mass is 9.77. The van der Waals surface area contributed by atoms with Gasteiger partial charge in [0.1, 0.15) is 5.69 Å². The van der Waals surface area contributed by atoms with Gasteiger partial charge in [-0.1, -0.05) is 6.07 Å². The van der Waals surface area contributed by atoms with Crippen molar-refractivity contribution in [3.05, 3.63) is 32.8 Å². The molecule has 2 rings (SSSR count). The molecule has 1 fully saturated rings. The van der Waals surface area contributed by atoms with E-state index in [1.165, 1.54) is 6.07 Å². The molecule has 1 saturated carbocycles. The minimum absolute atomic E-state index is 0.0471. The Morgan fingerprint density at radius 3 is 2.76 bits per heavy atom. The number of rotatable bonds is 3. The molecule has 1 aliphatic rings. The lowest BCUT2D eigenvalue weighted by Gasteiger charge is -2.41. The third kappa shape index (κ3) is 2.58. The summed E-state index contributed by atoms with van der Waals surface area (Å²) in [6.07, 6.45) is 1.21. The van der Waals surface area contributed by atoms with Gasteiger partial charge in [-0.3, -0.25) is 10.1 Å². The van der Waals surface area contributed by atoms with Gasteiger partial charge in [-0.25, -0.2) is 0 Å². The molecular formula is C11H13BrN2O3. The first-order valence-electron chi connectivity index (χ1n) is 5.31. The SMILES string of the molecule is C[C@]1(O)C[C@@H](Nc2c(Br)cccc2[N+](=O)[O-])C1. The summed E-state index contributed by atoms with van der Waals surface area (Å²) in [5.74, 6) is 0. The number of halogens is 1. The van der Waals surface area contributed by atoms with Crippen LogP contribution in [0.2, 0.25) is 0 Å². The summed E-state index contributed by atoms with van der Waals surface area (Å²) in [4.78, 5) is 10.5. The van der Waals surface area contributed by atoms with Crippen LogP contribution in [0.4, 0.5) is 11.4 Å². The van der Waals surface area contributed by atoms with Crippen molar-refractivity contribution < 1.29 is 10.0 Å². The fraction of sp³-hybridized carbons (Fsp3) is 0.455. The van der Waals surface area contributed by atoms with Crippen LogP contribution >= 0.6 is 15.9 Å². The predicted molar refractivity (Wildman–Crippen MR) is 68.1 cm³/mol. The largest absolute Gasteiger partial charge is 0.390 e. The molecule has 0 aliphatic heterocycles. The van der Waals surface area contributed by atoms with Gasteiger partial charge in [-0.15, -0.1) is 0 Å². The van der Waals surface area contributed by atoms with E-state index >= 15 is 0 Å². The molecule has 0 aromatic heterocycles. The minimum atomic E-state index is -0.645. The fourth-order valence-electron chi connectivity index (χ4n) is 2.12. The highest BCUT2D eigenvalue weighted by molar-refractivity contribution is 9.10. The molecule has 6 heteroatoms. The van der Waals surface area contributed by atoms with E-state index in [-0.39, 0.29) is 11.7 Å². The maximum atomic E-state index is 10.9. The predicted octanol–water partition coefficient (Wildman–Crippen LogP) is 2.68. The molecule has 17 heavy (non-hydrogen) atoms. The minimum Gasteiger partial charge on any atom is -0.390 e. The molecule has 1 aliphatic carbocycles. The van der Waals surface area contributed by atoms with Gasteiger partial charge in [-0.05, 0) is 41.8 Å². The molecule has 0 unspecified atom stereocenters. The maximum absolute atomic E-state index is 10.9. The van der Waals surface area contributed by atoms with E-state index in [1.54, 1.807) is 19.1 Å². The van der Waals surface area contributed by atoms with Gasteiger partial charge in [0.25, 0.3) is 5.69 Å². The number of hydrogen-bond acceptors (Lipinski definition) is 4. The maximum Gasteiger partial charge on any atom is 0.293 e. The van der Waals surface area contributed by atoms with Gasteiger partial charge in [0.15, 0.2) is 0 Å². The molecule has 0 heterocycles. The highest BCUT2D eigenvalue weighted by atomic mass is 79.9. The molecule has 0 spiro atoms. The molecule has 0 atom stereocenters. The number of nitro benzene ring substituents is 1. The van der Waals surface area contributed by atoms with E-state index in [0.29, 0.717) is 23.0 Å². The second-order valence-electron chi connectivity index (χ2n) is 4.64. The smallest absolute Gasteiger partial charge is 0.293 e. The monoisotopic (exact) mass is 300 g/mol. The van der Waals surface area contributed by atoms with Crippen molar-refractivity contribution >= 4 is 27.3 Å². The molecule has 1 aromatic carbocycles. The standard InChI is InChI=1S/C11H13BrN2O3/c1-11(15)5-7(6-11)13-10-8(12)3-2-4-9(10)14(16)17/h2-4,7,13,15H,5-6H2,1H3/t7-,11+. The molecule has 1 aromatic rings. The van der Waals surface area contributed by atoms with E-state index < -0.39 is 10.5 Å². The fourth-order valence-corrected chi connectivity index (χ4v) is 2.59. The van der Waals surface area contributed by atoms with Crippen LogP contribution < -0.4 is 5.32 Å². The van der Waals surface area contributed by atoms with E-state index in [1.807, 2.05) is 0 Å². The molecule has 2 N–H and O–H groups in total. The van der Waals surface area contributed by atoms with Gasteiger partial charge in [-0.2, -0.15) is 0 Å². The van der Waals surface area contributed by atoms with Crippen LogP contribution in [-0.2, 0) is 0 Å². The Hall–Kier alpha value is -1.14. The van der Waals surface area contributed by atoms with Crippen molar-refractivity contribution in [2.75, 3.05) is 5.32 Å². The van der Waals surface area contributed by atoms with Crippen molar-refractivity contribution in [1.82, 2.24) is 0 Å². The zero-order valence-electron chi connectivity index (χ0n) is 9.31. The average Bonchev–Trinajstić information content (AvgIpc) is 2.17. The Kier molecular flexibility index (Phi) is 3.09. The first-order valence-corrected chi connectivity index (χ1v) is 6.10. The summed E-state index contributed by atoms with van der Waals surface area (Å²) < 4.78 is 0.665. The van der Waals surface area contributed by atoms with E-state index in [2.05, 4.69) is 21.2 Å². The summed E-state index contributed by atoms with van der Waals surface area (Å²) in [5.41, 5.74) is -0.114. The van der Waals surface area contributed by atoms with Crippen LogP contribution in [0.15, 0.2) is 22.7 Å². The highest BCUT2D eigenvalue weighted by Gasteiger charge is 2.39. The van der Waals surface area contributed by atoms with Crippen molar-refractivity contribution in [3.8, 4) is 0 Å². The first kappa shape index (κ1) is 12.3. The number of nitro groups is 1. The molecule has 0 bridgehead atoms. The summed E-state index contributed by atoms with van der Waals surface area (Å²) in [6.45, 7) is 1.76. The number of nitrogens with zero attached hydrogens (tertiary/aromatic N) is 1. The summed E-state index contributed by atoms with van der Waals surface area (Å²) in [5, 5.41) is 23.6.